The van der Waals surface area contributed by atoms with Gasteiger partial charge in [0.15, 0.2) is 0 Å². The molecule has 0 radical (unpaired) electrons. The molecule has 96 valence electrons. The van der Waals surface area contributed by atoms with Gasteiger partial charge in [0.25, 0.3) is 0 Å². The lowest BCUT2D eigenvalue weighted by Gasteiger charge is -2.26. The second-order valence-electron chi connectivity index (χ2n) is 4.29. The summed E-state index contributed by atoms with van der Waals surface area (Å²) in [7, 11) is 0. The first-order chi connectivity index (χ1) is 8.50. The summed E-state index contributed by atoms with van der Waals surface area (Å²) in [5.74, 6) is 0. The number of hydrogen-bond acceptors (Lipinski definition) is 2. The zero-order valence-electron chi connectivity index (χ0n) is 9.57. The van der Waals surface area contributed by atoms with Gasteiger partial charge >= 0.3 is 6.18 Å². The van der Waals surface area contributed by atoms with Gasteiger partial charge in [-0.2, -0.15) is 18.4 Å². The summed E-state index contributed by atoms with van der Waals surface area (Å²) in [6.45, 7) is 0. The van der Waals surface area contributed by atoms with Gasteiger partial charge < -0.3 is 4.74 Å². The van der Waals surface area contributed by atoms with Crippen molar-refractivity contribution in [3.8, 4) is 6.07 Å². The van der Waals surface area contributed by atoms with Gasteiger partial charge in [-0.3, -0.25) is 0 Å². The Hall–Kier alpha value is -1.54. The predicted molar refractivity (Wildman–Crippen MR) is 58.5 cm³/mol. The fraction of sp³-hybridized carbons (Fsp3) is 0.462. The highest BCUT2D eigenvalue weighted by Crippen LogP contribution is 2.34. The van der Waals surface area contributed by atoms with Gasteiger partial charge in [0.2, 0.25) is 0 Å². The molecule has 18 heavy (non-hydrogen) atoms. The molecule has 0 N–H and O–H groups in total. The Balaban J connectivity index is 2.12. The highest BCUT2D eigenvalue weighted by Gasteiger charge is 2.30. The van der Waals surface area contributed by atoms with Crippen LogP contribution in [0.3, 0.4) is 0 Å². The van der Waals surface area contributed by atoms with E-state index in [0.717, 1.165) is 25.0 Å². The molecule has 0 unspecified atom stereocenters. The summed E-state index contributed by atoms with van der Waals surface area (Å²) >= 11 is 0. The van der Waals surface area contributed by atoms with Gasteiger partial charge in [-0.15, -0.1) is 0 Å². The van der Waals surface area contributed by atoms with Crippen molar-refractivity contribution in [2.75, 3.05) is 0 Å². The van der Waals surface area contributed by atoms with Crippen LogP contribution in [0.25, 0.3) is 0 Å². The molecule has 0 bridgehead atoms. The minimum Gasteiger partial charge on any atom is -0.355 e. The number of hydrogen-bond donors (Lipinski definition) is 0. The third-order valence-electron chi connectivity index (χ3n) is 3.01. The zero-order valence-corrected chi connectivity index (χ0v) is 9.57. The van der Waals surface area contributed by atoms with Gasteiger partial charge in [-0.05, 0) is 37.0 Å². The van der Waals surface area contributed by atoms with Crippen molar-refractivity contribution in [2.24, 2.45) is 0 Å². The van der Waals surface area contributed by atoms with Crippen molar-refractivity contribution in [1.29, 1.82) is 5.26 Å². The maximum Gasteiger partial charge on any atom is 0.416 e. The molecule has 0 amide bonds. The van der Waals surface area contributed by atoms with Crippen LogP contribution in [0.15, 0.2) is 24.3 Å². The summed E-state index contributed by atoms with van der Waals surface area (Å²) in [6.07, 6.45) is -2.76. The van der Waals surface area contributed by atoms with Crippen LogP contribution in [0.1, 0.15) is 36.5 Å². The molecule has 1 aromatic rings. The lowest BCUT2D eigenvalue weighted by molar-refractivity contribution is -0.137. The lowest BCUT2D eigenvalue weighted by Crippen LogP contribution is -2.20. The fourth-order valence-corrected chi connectivity index (χ4v) is 2.05. The van der Waals surface area contributed by atoms with E-state index in [1.54, 1.807) is 0 Å². The lowest BCUT2D eigenvalue weighted by atomic mass is 9.98. The molecule has 5 heteroatoms. The number of benzene rings is 1. The number of nitrogens with zero attached hydrogens (tertiary/aromatic N) is 1. The quantitative estimate of drug-likeness (QED) is 0.763. The van der Waals surface area contributed by atoms with Crippen LogP contribution >= 0.6 is 0 Å². The standard InChI is InChI=1S/C13H12F3NO/c14-13(15,16)10-6-4-9(5-7-10)12-3-1-2-11(8-17)18-12/h4-7,11-12H,1-3H2/t11-,12+/m0/s1. The topological polar surface area (TPSA) is 33.0 Å². The van der Waals surface area contributed by atoms with Crippen LogP contribution in [-0.2, 0) is 10.9 Å². The van der Waals surface area contributed by atoms with Crippen LogP contribution in [-0.4, -0.2) is 6.10 Å². The molecule has 1 aromatic carbocycles. The first-order valence-electron chi connectivity index (χ1n) is 5.73. The molecule has 1 heterocycles. The van der Waals surface area contributed by atoms with E-state index in [1.165, 1.54) is 12.1 Å². The Morgan fingerprint density at radius 3 is 2.39 bits per heavy atom. The minimum absolute atomic E-state index is 0.273. The van der Waals surface area contributed by atoms with Gasteiger partial charge in [0, 0.05) is 0 Å². The van der Waals surface area contributed by atoms with E-state index in [2.05, 4.69) is 0 Å². The smallest absolute Gasteiger partial charge is 0.355 e. The fourth-order valence-electron chi connectivity index (χ4n) is 2.05. The van der Waals surface area contributed by atoms with Crippen LogP contribution in [0.2, 0.25) is 0 Å². The number of halogens is 3. The van der Waals surface area contributed by atoms with Crippen molar-refractivity contribution >= 4 is 0 Å². The first-order valence-corrected chi connectivity index (χ1v) is 5.73. The van der Waals surface area contributed by atoms with Crippen molar-refractivity contribution in [3.63, 3.8) is 0 Å². The van der Waals surface area contributed by atoms with Crippen LogP contribution in [0.5, 0.6) is 0 Å². The molecule has 0 saturated carbocycles. The van der Waals surface area contributed by atoms with Crippen LogP contribution in [0.4, 0.5) is 13.2 Å². The minimum atomic E-state index is -4.32. The average molecular weight is 255 g/mol. The van der Waals surface area contributed by atoms with Crippen molar-refractivity contribution in [2.45, 2.75) is 37.6 Å². The molecule has 2 rings (SSSR count). The first kappa shape index (κ1) is 12.9. The third-order valence-corrected chi connectivity index (χ3v) is 3.01. The molecule has 0 spiro atoms. The Morgan fingerprint density at radius 2 is 1.83 bits per heavy atom. The molecule has 0 aromatic heterocycles. The molecule has 1 saturated heterocycles. The molecule has 1 aliphatic heterocycles. The summed E-state index contributed by atoms with van der Waals surface area (Å²) in [5, 5.41) is 8.78. The Morgan fingerprint density at radius 1 is 1.17 bits per heavy atom. The van der Waals surface area contributed by atoms with Crippen molar-refractivity contribution < 1.29 is 17.9 Å². The molecular formula is C13H12F3NO. The van der Waals surface area contributed by atoms with E-state index < -0.39 is 17.8 Å². The number of rotatable bonds is 1. The number of alkyl halides is 3. The van der Waals surface area contributed by atoms with Crippen molar-refractivity contribution in [1.82, 2.24) is 0 Å². The normalized spacial score (nSPS) is 24.6. The van der Waals surface area contributed by atoms with E-state index in [0.29, 0.717) is 12.0 Å². The van der Waals surface area contributed by atoms with E-state index in [9.17, 15) is 13.2 Å². The molecule has 2 nitrogen and oxygen atoms in total. The number of ether oxygens (including phenoxy) is 1. The molecule has 1 aliphatic rings. The zero-order chi connectivity index (χ0) is 13.2. The Kier molecular flexibility index (Phi) is 3.58. The van der Waals surface area contributed by atoms with E-state index in [-0.39, 0.29) is 6.10 Å². The molecule has 1 fully saturated rings. The van der Waals surface area contributed by atoms with Crippen LogP contribution in [0, 0.1) is 11.3 Å². The number of nitriles is 1. The van der Waals surface area contributed by atoms with Gasteiger partial charge in [-0.25, -0.2) is 0 Å². The van der Waals surface area contributed by atoms with Gasteiger partial charge in [-0.1, -0.05) is 12.1 Å². The maximum absolute atomic E-state index is 12.4. The summed E-state index contributed by atoms with van der Waals surface area (Å²) in [4.78, 5) is 0. The summed E-state index contributed by atoms with van der Waals surface area (Å²) in [6, 6.07) is 6.99. The van der Waals surface area contributed by atoms with E-state index >= 15 is 0 Å². The Labute approximate surface area is 103 Å². The summed E-state index contributed by atoms with van der Waals surface area (Å²) < 4.78 is 42.7. The van der Waals surface area contributed by atoms with E-state index in [4.69, 9.17) is 10.00 Å². The largest absolute Gasteiger partial charge is 0.416 e. The molecule has 0 aliphatic carbocycles. The SMILES string of the molecule is N#C[C@@H]1CCC[C@H](c2ccc(C(F)(F)F)cc2)O1. The predicted octanol–water partition coefficient (Wildman–Crippen LogP) is 3.84. The van der Waals surface area contributed by atoms with Gasteiger partial charge in [0.05, 0.1) is 17.7 Å². The highest BCUT2D eigenvalue weighted by atomic mass is 19.4. The van der Waals surface area contributed by atoms with Gasteiger partial charge in [0.1, 0.15) is 6.10 Å². The summed E-state index contributed by atoms with van der Waals surface area (Å²) in [5.41, 5.74) is 0.0295. The second kappa shape index (κ2) is 4.99. The third kappa shape index (κ3) is 2.82. The molecule has 2 atom stereocenters. The molecular weight excluding hydrogens is 243 g/mol. The maximum atomic E-state index is 12.4. The Bertz CT molecular complexity index is 447. The van der Waals surface area contributed by atoms with E-state index in [1.807, 2.05) is 6.07 Å². The average Bonchev–Trinajstić information content (AvgIpc) is 2.38. The van der Waals surface area contributed by atoms with Crippen molar-refractivity contribution in [3.05, 3.63) is 35.4 Å². The highest BCUT2D eigenvalue weighted by molar-refractivity contribution is 5.26. The van der Waals surface area contributed by atoms with Crippen LogP contribution < -0.4 is 0 Å². The second-order valence-corrected chi connectivity index (χ2v) is 4.29. The monoisotopic (exact) mass is 255 g/mol.